The third-order valence-electron chi connectivity index (χ3n) is 9.91. The van der Waals surface area contributed by atoms with E-state index in [0.29, 0.717) is 29.7 Å². The average molecular weight is 561 g/mol. The molecule has 4 saturated carbocycles. The zero-order valence-corrected chi connectivity index (χ0v) is 22.7. The number of benzene rings is 3. The number of nitrogens with one attached hydrogen (secondary N) is 1. The molecule has 8 nitrogen and oxygen atoms in total. The number of aromatic hydroxyl groups is 1. The van der Waals surface area contributed by atoms with E-state index < -0.39 is 22.4 Å². The minimum atomic E-state index is -0.590. The molecule has 4 aliphatic rings. The Bertz CT molecular complexity index is 1690. The van der Waals surface area contributed by atoms with Crippen molar-refractivity contribution in [2.75, 3.05) is 0 Å². The van der Waals surface area contributed by atoms with Crippen molar-refractivity contribution in [3.8, 4) is 17.6 Å². The Hall–Kier alpha value is -4.90. The monoisotopic (exact) mass is 560 g/mol. The van der Waals surface area contributed by atoms with Gasteiger partial charge in [-0.2, -0.15) is 0 Å². The van der Waals surface area contributed by atoms with Gasteiger partial charge in [-0.3, -0.25) is 14.9 Å². The Kier molecular flexibility index (Phi) is 5.94. The second-order valence-corrected chi connectivity index (χ2v) is 11.8. The molecule has 2 unspecified atom stereocenters. The summed E-state index contributed by atoms with van der Waals surface area (Å²) in [6, 6.07) is 19.6. The van der Waals surface area contributed by atoms with Gasteiger partial charge in [-0.05, 0) is 97.9 Å². The lowest BCUT2D eigenvalue weighted by Gasteiger charge is -2.89. The maximum Gasteiger partial charge on any atom is 0.355 e. The van der Waals surface area contributed by atoms with Gasteiger partial charge < -0.3 is 15.2 Å². The van der Waals surface area contributed by atoms with Crippen LogP contribution in [-0.2, 0) is 16.0 Å². The minimum absolute atomic E-state index is 0.0538. The largest absolute Gasteiger partial charge is 0.508 e. The first-order valence-electron chi connectivity index (χ1n) is 14.2. The quantitative estimate of drug-likeness (QED) is 0.133. The summed E-state index contributed by atoms with van der Waals surface area (Å²) in [5.41, 5.74) is 1.29. The molecule has 4 aliphatic carbocycles. The molecule has 2 atom stereocenters. The van der Waals surface area contributed by atoms with Gasteiger partial charge in [0, 0.05) is 22.6 Å². The van der Waals surface area contributed by atoms with Crippen molar-refractivity contribution in [3.05, 3.63) is 117 Å². The molecule has 0 bridgehead atoms. The van der Waals surface area contributed by atoms with Crippen LogP contribution in [0.4, 0.5) is 5.69 Å². The number of nitrogens with zero attached hydrogens (tertiary/aromatic N) is 1. The summed E-state index contributed by atoms with van der Waals surface area (Å²) in [5.74, 6) is 6.53. The van der Waals surface area contributed by atoms with Gasteiger partial charge in [0.15, 0.2) is 0 Å². The number of esters is 1. The second-order valence-electron chi connectivity index (χ2n) is 11.8. The van der Waals surface area contributed by atoms with Gasteiger partial charge in [-0.15, -0.1) is 0 Å². The molecule has 8 heteroatoms. The summed E-state index contributed by atoms with van der Waals surface area (Å²) in [5, 5.41) is 23.9. The maximum absolute atomic E-state index is 13.6. The molecule has 4 fully saturated rings. The molecule has 2 N–H and O–H groups in total. The van der Waals surface area contributed by atoms with Crippen LogP contribution in [0.5, 0.6) is 5.75 Å². The molecule has 7 rings (SSSR count). The van der Waals surface area contributed by atoms with Crippen LogP contribution in [-0.4, -0.2) is 27.5 Å². The van der Waals surface area contributed by atoms with Crippen LogP contribution >= 0.6 is 0 Å². The summed E-state index contributed by atoms with van der Waals surface area (Å²) in [6.45, 7) is 0. The van der Waals surface area contributed by atoms with Crippen molar-refractivity contribution < 1.29 is 24.4 Å². The fraction of sp³-hybridized carbons (Fsp3) is 0.294. The molecule has 0 aliphatic heterocycles. The third kappa shape index (κ3) is 3.92. The van der Waals surface area contributed by atoms with Crippen LogP contribution in [0.15, 0.2) is 84.6 Å². The van der Waals surface area contributed by atoms with Crippen LogP contribution < -0.4 is 5.32 Å². The highest BCUT2D eigenvalue weighted by molar-refractivity contribution is 6.01. The fourth-order valence-electron chi connectivity index (χ4n) is 8.07. The van der Waals surface area contributed by atoms with Crippen LogP contribution in [0.1, 0.15) is 52.7 Å². The van der Waals surface area contributed by atoms with Gasteiger partial charge in [0.2, 0.25) is 0 Å². The highest BCUT2D eigenvalue weighted by Crippen LogP contribution is 2.90. The van der Waals surface area contributed by atoms with E-state index >= 15 is 0 Å². The van der Waals surface area contributed by atoms with E-state index in [-0.39, 0.29) is 33.7 Å². The molecule has 3 aromatic carbocycles. The average Bonchev–Trinajstić information content (AvgIpc) is 2.95. The Morgan fingerprint density at radius 3 is 2.36 bits per heavy atom. The number of carbonyl (C=O) groups is 2. The number of hydrogen-bond donors (Lipinski definition) is 2. The summed E-state index contributed by atoms with van der Waals surface area (Å²) in [4.78, 5) is 38.1. The molecular weight excluding hydrogens is 532 g/mol. The highest BCUT2D eigenvalue weighted by Gasteiger charge is 2.89. The Morgan fingerprint density at radius 2 is 1.71 bits per heavy atom. The number of phenolic OH excluding ortho intramolecular Hbond substituents is 1. The summed E-state index contributed by atoms with van der Waals surface area (Å²) in [6.07, 6.45) is 6.37. The standard InChI is InChI=1S/C34H28N2O6/c37-28-12-7-22(8-13-28)6-10-23-16-24(11-15-30(23)36(40)41)31(38)35-29(14-9-21-4-2-1-3-5-21)32(39)42-33-19-26-17-25-18-27(20-33)34(25,26)33/h1-5,7-8,11-16,25-27,37H,9,17-20H2,(H,35,38)/b29-14+. The first-order valence-corrected chi connectivity index (χ1v) is 14.2. The van der Waals surface area contributed by atoms with Crippen molar-refractivity contribution in [1.29, 1.82) is 0 Å². The first kappa shape index (κ1) is 26.0. The number of rotatable bonds is 7. The molecule has 42 heavy (non-hydrogen) atoms. The van der Waals surface area contributed by atoms with Crippen LogP contribution in [0.3, 0.4) is 0 Å². The molecule has 210 valence electrons. The Labute approximate surface area is 242 Å². The zero-order valence-electron chi connectivity index (χ0n) is 22.7. The molecule has 0 heterocycles. The van der Waals surface area contributed by atoms with E-state index in [1.807, 2.05) is 30.3 Å². The van der Waals surface area contributed by atoms with Crippen molar-refractivity contribution in [1.82, 2.24) is 5.32 Å². The van der Waals surface area contributed by atoms with Crippen LogP contribution in [0, 0.1) is 45.1 Å². The first-order chi connectivity index (χ1) is 20.3. The van der Waals surface area contributed by atoms with E-state index in [1.54, 1.807) is 18.2 Å². The normalized spacial score (nSPS) is 27.6. The van der Waals surface area contributed by atoms with Crippen molar-refractivity contribution in [3.63, 3.8) is 0 Å². The van der Waals surface area contributed by atoms with E-state index in [4.69, 9.17) is 4.74 Å². The Balaban J connectivity index is 1.14. The molecule has 1 amide bonds. The zero-order chi connectivity index (χ0) is 29.1. The van der Waals surface area contributed by atoms with Gasteiger partial charge >= 0.3 is 5.97 Å². The number of ether oxygens (including phenoxy) is 1. The lowest BCUT2D eigenvalue weighted by molar-refractivity contribution is -0.448. The lowest BCUT2D eigenvalue weighted by Crippen LogP contribution is -2.89. The second kappa shape index (κ2) is 9.59. The van der Waals surface area contributed by atoms with E-state index in [9.17, 15) is 24.8 Å². The Morgan fingerprint density at radius 1 is 1.00 bits per heavy atom. The minimum Gasteiger partial charge on any atom is -0.508 e. The van der Waals surface area contributed by atoms with Crippen LogP contribution in [0.2, 0.25) is 0 Å². The highest BCUT2D eigenvalue weighted by atomic mass is 16.6. The molecule has 1 spiro atoms. The molecular formula is C34H28N2O6. The predicted octanol–water partition coefficient (Wildman–Crippen LogP) is 5.29. The topological polar surface area (TPSA) is 119 Å². The SMILES string of the molecule is O=C(OC12CC3CC4CC(C1)C432)/C(=C\Cc1ccccc1)NC(=O)c1ccc([N+](=O)[O-])c(C#Cc2ccc(O)cc2)c1. The van der Waals surface area contributed by atoms with Crippen LogP contribution in [0.25, 0.3) is 0 Å². The lowest BCUT2D eigenvalue weighted by atomic mass is 9.16. The number of hydrogen-bond acceptors (Lipinski definition) is 6. The summed E-state index contributed by atoms with van der Waals surface area (Å²) < 4.78 is 6.20. The number of amides is 1. The third-order valence-corrected chi connectivity index (χ3v) is 9.91. The summed E-state index contributed by atoms with van der Waals surface area (Å²) >= 11 is 0. The van der Waals surface area contributed by atoms with E-state index in [0.717, 1.165) is 18.4 Å². The molecule has 0 saturated heterocycles. The van der Waals surface area contributed by atoms with Gasteiger partial charge in [0.1, 0.15) is 22.6 Å². The van der Waals surface area contributed by atoms with Crippen molar-refractivity contribution in [2.45, 2.75) is 37.7 Å². The predicted molar refractivity (Wildman–Crippen MR) is 153 cm³/mol. The van der Waals surface area contributed by atoms with Gasteiger partial charge in [0.25, 0.3) is 11.6 Å². The van der Waals surface area contributed by atoms with E-state index in [1.165, 1.54) is 43.2 Å². The van der Waals surface area contributed by atoms with E-state index in [2.05, 4.69) is 17.2 Å². The van der Waals surface area contributed by atoms with Crippen molar-refractivity contribution in [2.24, 2.45) is 23.2 Å². The fourth-order valence-corrected chi connectivity index (χ4v) is 8.07. The number of nitro benzene ring substituents is 1. The molecule has 0 radical (unpaired) electrons. The van der Waals surface area contributed by atoms with Gasteiger partial charge in [0.05, 0.1) is 4.92 Å². The van der Waals surface area contributed by atoms with Gasteiger partial charge in [-0.1, -0.05) is 42.2 Å². The smallest absolute Gasteiger partial charge is 0.355 e. The number of phenols is 1. The number of allylic oxidation sites excluding steroid dienone is 1. The molecule has 3 aromatic rings. The maximum atomic E-state index is 13.6. The summed E-state index contributed by atoms with van der Waals surface area (Å²) in [7, 11) is 0. The number of nitro groups is 1. The van der Waals surface area contributed by atoms with Gasteiger partial charge in [-0.25, -0.2) is 4.79 Å². The van der Waals surface area contributed by atoms with Crippen molar-refractivity contribution >= 4 is 17.6 Å². The number of carbonyl (C=O) groups excluding carboxylic acids is 2. The molecule has 0 aromatic heterocycles.